The standard InChI is InChI=1S/C12H5ClF3IN2O2/c13-11-8(16)9(18)5(10(19-11)12(20)21)3-1-2-4(17)7(15)6(3)14/h1-2H,(H2,18,19)(H,20,21). The third kappa shape index (κ3) is 2.64. The molecule has 1 aromatic heterocycles. The van der Waals surface area contributed by atoms with Crippen molar-refractivity contribution in [1.82, 2.24) is 4.98 Å². The number of carboxylic acid groups (broad SMARTS) is 1. The van der Waals surface area contributed by atoms with Crippen LogP contribution >= 0.6 is 34.2 Å². The van der Waals surface area contributed by atoms with Crippen molar-refractivity contribution in [3.05, 3.63) is 44.0 Å². The highest BCUT2D eigenvalue weighted by molar-refractivity contribution is 14.1. The van der Waals surface area contributed by atoms with Gasteiger partial charge in [0.15, 0.2) is 28.3 Å². The molecule has 0 aliphatic carbocycles. The predicted molar refractivity (Wildman–Crippen MR) is 78.6 cm³/mol. The van der Waals surface area contributed by atoms with Crippen LogP contribution in [0.4, 0.5) is 18.9 Å². The molecule has 2 aromatic rings. The molecule has 0 atom stereocenters. The van der Waals surface area contributed by atoms with Gasteiger partial charge in [0.05, 0.1) is 9.26 Å². The molecule has 0 saturated carbocycles. The molecule has 1 heterocycles. The maximum absolute atomic E-state index is 14.0. The Hall–Kier alpha value is -1.55. The Morgan fingerprint density at radius 1 is 1.24 bits per heavy atom. The van der Waals surface area contributed by atoms with Crippen LogP contribution < -0.4 is 5.73 Å². The Balaban J connectivity index is 2.90. The first-order valence-electron chi connectivity index (χ1n) is 5.27. The monoisotopic (exact) mass is 428 g/mol. The van der Waals surface area contributed by atoms with Gasteiger partial charge < -0.3 is 10.8 Å². The number of aromatic carboxylic acids is 1. The van der Waals surface area contributed by atoms with E-state index in [4.69, 9.17) is 22.4 Å². The molecule has 0 aliphatic rings. The molecule has 3 N–H and O–H groups in total. The van der Waals surface area contributed by atoms with E-state index in [1.54, 1.807) is 22.6 Å². The summed E-state index contributed by atoms with van der Waals surface area (Å²) in [7, 11) is 0. The van der Waals surface area contributed by atoms with E-state index in [2.05, 4.69) is 4.98 Å². The van der Waals surface area contributed by atoms with E-state index in [-0.39, 0.29) is 3.57 Å². The van der Waals surface area contributed by atoms with Crippen LogP contribution in [0.5, 0.6) is 0 Å². The first-order valence-corrected chi connectivity index (χ1v) is 6.73. The van der Waals surface area contributed by atoms with Crippen molar-refractivity contribution in [3.8, 4) is 11.1 Å². The Morgan fingerprint density at radius 3 is 2.43 bits per heavy atom. The molecule has 0 spiro atoms. The van der Waals surface area contributed by atoms with Crippen LogP contribution in [0.1, 0.15) is 10.5 Å². The summed E-state index contributed by atoms with van der Waals surface area (Å²) in [4.78, 5) is 14.5. The Kier molecular flexibility index (Phi) is 4.28. The molecule has 0 saturated heterocycles. The summed E-state index contributed by atoms with van der Waals surface area (Å²) in [5, 5.41) is 8.30. The quantitative estimate of drug-likeness (QED) is 0.434. The SMILES string of the molecule is Nc1c(F)c(Cl)nc(C(=O)O)c1-c1ccc(I)c(F)c1F. The molecular weight excluding hydrogens is 423 g/mol. The van der Waals surface area contributed by atoms with Gasteiger partial charge in [-0.3, -0.25) is 0 Å². The molecule has 9 heteroatoms. The van der Waals surface area contributed by atoms with Gasteiger partial charge in [0, 0.05) is 11.1 Å². The number of hydrogen-bond donors (Lipinski definition) is 2. The van der Waals surface area contributed by atoms with Crippen LogP contribution in [0.25, 0.3) is 11.1 Å². The van der Waals surface area contributed by atoms with Crippen molar-refractivity contribution in [2.24, 2.45) is 0 Å². The third-order valence-corrected chi connectivity index (χ3v) is 3.72. The van der Waals surface area contributed by atoms with Crippen molar-refractivity contribution >= 4 is 45.8 Å². The number of pyridine rings is 1. The van der Waals surface area contributed by atoms with Crippen LogP contribution in [0, 0.1) is 21.0 Å². The van der Waals surface area contributed by atoms with E-state index in [0.717, 1.165) is 6.07 Å². The van der Waals surface area contributed by atoms with Gasteiger partial charge in [-0.15, -0.1) is 0 Å². The zero-order chi connectivity index (χ0) is 15.9. The van der Waals surface area contributed by atoms with Gasteiger partial charge in [0.25, 0.3) is 0 Å². The lowest BCUT2D eigenvalue weighted by Crippen LogP contribution is -2.10. The average molecular weight is 429 g/mol. The van der Waals surface area contributed by atoms with E-state index < -0.39 is 51.1 Å². The zero-order valence-electron chi connectivity index (χ0n) is 9.92. The number of rotatable bonds is 2. The molecular formula is C12H5ClF3IN2O2. The topological polar surface area (TPSA) is 76.2 Å². The maximum atomic E-state index is 14.0. The fourth-order valence-corrected chi connectivity index (χ4v) is 2.30. The molecule has 0 unspecified atom stereocenters. The minimum atomic E-state index is -1.60. The van der Waals surface area contributed by atoms with Crippen molar-refractivity contribution in [2.75, 3.05) is 5.73 Å². The molecule has 0 radical (unpaired) electrons. The summed E-state index contributed by atoms with van der Waals surface area (Å²) >= 11 is 6.98. The van der Waals surface area contributed by atoms with Crippen LogP contribution in [0.2, 0.25) is 5.15 Å². The number of aromatic nitrogens is 1. The normalized spacial score (nSPS) is 10.7. The molecule has 0 fully saturated rings. The molecule has 4 nitrogen and oxygen atoms in total. The fourth-order valence-electron chi connectivity index (χ4n) is 1.70. The molecule has 110 valence electrons. The van der Waals surface area contributed by atoms with Gasteiger partial charge in [0.2, 0.25) is 0 Å². The van der Waals surface area contributed by atoms with Gasteiger partial charge in [-0.1, -0.05) is 17.7 Å². The van der Waals surface area contributed by atoms with E-state index >= 15 is 0 Å². The highest BCUT2D eigenvalue weighted by atomic mass is 127. The van der Waals surface area contributed by atoms with Crippen molar-refractivity contribution < 1.29 is 23.1 Å². The summed E-state index contributed by atoms with van der Waals surface area (Å²) < 4.78 is 41.3. The largest absolute Gasteiger partial charge is 0.476 e. The summed E-state index contributed by atoms with van der Waals surface area (Å²) in [6.45, 7) is 0. The van der Waals surface area contributed by atoms with E-state index in [1.165, 1.54) is 6.07 Å². The number of carboxylic acids is 1. The zero-order valence-corrected chi connectivity index (χ0v) is 12.8. The highest BCUT2D eigenvalue weighted by Gasteiger charge is 2.26. The fraction of sp³-hybridized carbons (Fsp3) is 0. The van der Waals surface area contributed by atoms with Gasteiger partial charge in [-0.25, -0.2) is 22.9 Å². The number of nitrogens with two attached hydrogens (primary N) is 1. The van der Waals surface area contributed by atoms with Crippen LogP contribution in [0.15, 0.2) is 12.1 Å². The van der Waals surface area contributed by atoms with E-state index in [9.17, 15) is 18.0 Å². The van der Waals surface area contributed by atoms with Crippen LogP contribution in [0.3, 0.4) is 0 Å². The first kappa shape index (κ1) is 15.8. The number of benzene rings is 1. The summed E-state index contributed by atoms with van der Waals surface area (Å²) in [5.41, 5.74) is 2.91. The number of nitrogen functional groups attached to an aromatic ring is 1. The van der Waals surface area contributed by atoms with Gasteiger partial charge in [-0.05, 0) is 28.7 Å². The number of carbonyl (C=O) groups is 1. The second-order valence-electron chi connectivity index (χ2n) is 3.88. The molecule has 0 bridgehead atoms. The number of hydrogen-bond acceptors (Lipinski definition) is 3. The van der Waals surface area contributed by atoms with Crippen molar-refractivity contribution in [1.29, 1.82) is 0 Å². The van der Waals surface area contributed by atoms with Crippen molar-refractivity contribution in [3.63, 3.8) is 0 Å². The van der Waals surface area contributed by atoms with Gasteiger partial charge >= 0.3 is 5.97 Å². The highest BCUT2D eigenvalue weighted by Crippen LogP contribution is 2.36. The van der Waals surface area contributed by atoms with Gasteiger partial charge in [0.1, 0.15) is 0 Å². The van der Waals surface area contributed by atoms with E-state index in [0.29, 0.717) is 0 Å². The van der Waals surface area contributed by atoms with E-state index in [1.807, 2.05) is 0 Å². The summed E-state index contributed by atoms with van der Waals surface area (Å²) in [6.07, 6.45) is 0. The summed E-state index contributed by atoms with van der Waals surface area (Å²) in [6, 6.07) is 2.29. The maximum Gasteiger partial charge on any atom is 0.355 e. The Morgan fingerprint density at radius 2 is 1.86 bits per heavy atom. The van der Waals surface area contributed by atoms with Gasteiger partial charge in [-0.2, -0.15) is 0 Å². The lowest BCUT2D eigenvalue weighted by molar-refractivity contribution is 0.0691. The Labute approximate surface area is 134 Å². The minimum Gasteiger partial charge on any atom is -0.476 e. The number of halogens is 5. The average Bonchev–Trinajstić information content (AvgIpc) is 2.43. The second kappa shape index (κ2) is 5.68. The lowest BCUT2D eigenvalue weighted by Gasteiger charge is -2.12. The third-order valence-electron chi connectivity index (χ3n) is 2.64. The Bertz CT molecular complexity index is 771. The molecule has 21 heavy (non-hydrogen) atoms. The van der Waals surface area contributed by atoms with Crippen LogP contribution in [-0.4, -0.2) is 16.1 Å². The number of nitrogens with zero attached hydrogens (tertiary/aromatic N) is 1. The molecule has 0 amide bonds. The lowest BCUT2D eigenvalue weighted by atomic mass is 10.0. The van der Waals surface area contributed by atoms with Crippen LogP contribution in [-0.2, 0) is 0 Å². The molecule has 0 aliphatic heterocycles. The smallest absolute Gasteiger partial charge is 0.355 e. The molecule has 2 rings (SSSR count). The predicted octanol–water partition coefficient (Wildman–Crippen LogP) is 3.70. The molecule has 1 aromatic carbocycles. The minimum absolute atomic E-state index is 0.0216. The number of anilines is 1. The summed E-state index contributed by atoms with van der Waals surface area (Å²) in [5.74, 6) is -5.34. The second-order valence-corrected chi connectivity index (χ2v) is 5.40. The first-order chi connectivity index (χ1) is 9.75. The van der Waals surface area contributed by atoms with Crippen molar-refractivity contribution in [2.45, 2.75) is 0 Å².